The SMILES string of the molecule is CB(O)NC1CC2CCC(C1)N2c1ccc(C(C)=O)cn1. The molecule has 2 unspecified atom stereocenters. The van der Waals surface area contributed by atoms with E-state index in [0.29, 0.717) is 23.7 Å². The normalized spacial score (nSPS) is 27.8. The number of Topliss-reactive ketones (excluding diaryl/α,β-unsaturated/α-hetero) is 1. The van der Waals surface area contributed by atoms with Crippen molar-refractivity contribution in [1.29, 1.82) is 0 Å². The molecule has 6 heteroatoms. The molecule has 2 bridgehead atoms. The Morgan fingerprint density at radius 2 is 2.05 bits per heavy atom. The molecule has 0 saturated carbocycles. The Hall–Kier alpha value is -1.40. The fourth-order valence-corrected chi connectivity index (χ4v) is 3.78. The number of fused-ring (bicyclic) bond motifs is 2. The van der Waals surface area contributed by atoms with Crippen LogP contribution in [0, 0.1) is 0 Å². The van der Waals surface area contributed by atoms with Crippen molar-refractivity contribution in [3.05, 3.63) is 23.9 Å². The van der Waals surface area contributed by atoms with Crippen LogP contribution in [0.3, 0.4) is 0 Å². The molecule has 0 aliphatic carbocycles. The number of nitrogens with zero attached hydrogens (tertiary/aromatic N) is 2. The van der Waals surface area contributed by atoms with E-state index in [1.807, 2.05) is 12.1 Å². The van der Waals surface area contributed by atoms with Gasteiger partial charge in [-0.25, -0.2) is 4.98 Å². The zero-order valence-corrected chi connectivity index (χ0v) is 12.6. The monoisotopic (exact) mass is 287 g/mol. The summed E-state index contributed by atoms with van der Waals surface area (Å²) in [6, 6.07) is 5.18. The maximum Gasteiger partial charge on any atom is 0.373 e. The van der Waals surface area contributed by atoms with E-state index in [2.05, 4.69) is 15.1 Å². The summed E-state index contributed by atoms with van der Waals surface area (Å²) in [6.07, 6.45) is 6.11. The number of anilines is 1. The van der Waals surface area contributed by atoms with Gasteiger partial charge in [-0.2, -0.15) is 0 Å². The summed E-state index contributed by atoms with van der Waals surface area (Å²) < 4.78 is 0. The molecule has 0 amide bonds. The van der Waals surface area contributed by atoms with Crippen LogP contribution in [0.4, 0.5) is 5.82 Å². The van der Waals surface area contributed by atoms with Crippen molar-refractivity contribution in [2.24, 2.45) is 0 Å². The van der Waals surface area contributed by atoms with E-state index in [-0.39, 0.29) is 5.78 Å². The van der Waals surface area contributed by atoms with Crippen molar-refractivity contribution in [3.63, 3.8) is 0 Å². The average molecular weight is 287 g/mol. The Bertz CT molecular complexity index is 506. The van der Waals surface area contributed by atoms with Crippen LogP contribution in [-0.4, -0.2) is 41.0 Å². The van der Waals surface area contributed by atoms with Crippen LogP contribution >= 0.6 is 0 Å². The summed E-state index contributed by atoms with van der Waals surface area (Å²) in [6.45, 7) is 3.34. The summed E-state index contributed by atoms with van der Waals surface area (Å²) >= 11 is 0. The molecule has 0 spiro atoms. The van der Waals surface area contributed by atoms with E-state index >= 15 is 0 Å². The molecule has 2 aliphatic rings. The van der Waals surface area contributed by atoms with Gasteiger partial charge in [0.05, 0.1) is 0 Å². The van der Waals surface area contributed by atoms with Gasteiger partial charge in [0.25, 0.3) is 0 Å². The number of piperidine rings is 1. The largest absolute Gasteiger partial charge is 0.437 e. The molecule has 21 heavy (non-hydrogen) atoms. The fourth-order valence-electron chi connectivity index (χ4n) is 3.78. The lowest BCUT2D eigenvalue weighted by atomic mass is 9.84. The number of nitrogens with one attached hydrogen (secondary N) is 1. The third-order valence-corrected chi connectivity index (χ3v) is 4.63. The van der Waals surface area contributed by atoms with Crippen LogP contribution < -0.4 is 10.1 Å². The number of rotatable bonds is 4. The van der Waals surface area contributed by atoms with Crippen molar-refractivity contribution in [1.82, 2.24) is 10.2 Å². The standard InChI is InChI=1S/C15H22BN3O2/c1-10(20)11-3-6-15(17-9-11)19-13-4-5-14(19)8-12(7-13)18-16(2)21/h3,6,9,12-14,18,21H,4-5,7-8H2,1-2H3. The lowest BCUT2D eigenvalue weighted by Crippen LogP contribution is -2.52. The van der Waals surface area contributed by atoms with Gasteiger partial charge in [-0.15, -0.1) is 0 Å². The second-order valence-electron chi connectivity index (χ2n) is 6.26. The lowest BCUT2D eigenvalue weighted by molar-refractivity contribution is 0.101. The zero-order valence-electron chi connectivity index (χ0n) is 12.6. The molecule has 2 aliphatic heterocycles. The molecule has 3 rings (SSSR count). The van der Waals surface area contributed by atoms with E-state index in [0.717, 1.165) is 18.7 Å². The van der Waals surface area contributed by atoms with Crippen molar-refractivity contribution < 1.29 is 9.82 Å². The highest BCUT2D eigenvalue weighted by molar-refractivity contribution is 6.45. The minimum atomic E-state index is -0.450. The van der Waals surface area contributed by atoms with E-state index in [1.54, 1.807) is 19.9 Å². The maximum atomic E-state index is 11.3. The second kappa shape index (κ2) is 5.77. The van der Waals surface area contributed by atoms with Crippen LogP contribution in [0.5, 0.6) is 0 Å². The Balaban J connectivity index is 1.74. The van der Waals surface area contributed by atoms with Crippen LogP contribution in [0.1, 0.15) is 43.0 Å². The molecule has 112 valence electrons. The van der Waals surface area contributed by atoms with Gasteiger partial charge in [-0.1, -0.05) is 0 Å². The molecule has 3 heterocycles. The van der Waals surface area contributed by atoms with E-state index in [9.17, 15) is 9.82 Å². The average Bonchev–Trinajstić information content (AvgIpc) is 2.70. The second-order valence-corrected chi connectivity index (χ2v) is 6.26. The third-order valence-electron chi connectivity index (χ3n) is 4.63. The topological polar surface area (TPSA) is 65.5 Å². The number of carbonyl (C=O) groups is 1. The number of hydrogen-bond acceptors (Lipinski definition) is 5. The first-order valence-electron chi connectivity index (χ1n) is 7.74. The molecule has 2 saturated heterocycles. The molecule has 0 radical (unpaired) electrons. The number of carbonyl (C=O) groups excluding carboxylic acids is 1. The molecule has 1 aromatic rings. The highest BCUT2D eigenvalue weighted by Crippen LogP contribution is 2.38. The van der Waals surface area contributed by atoms with E-state index in [1.165, 1.54) is 12.8 Å². The van der Waals surface area contributed by atoms with Gasteiger partial charge in [0.2, 0.25) is 0 Å². The summed E-state index contributed by atoms with van der Waals surface area (Å²) in [5.41, 5.74) is 0.664. The van der Waals surface area contributed by atoms with Crippen molar-refractivity contribution in [2.45, 2.75) is 57.6 Å². The van der Waals surface area contributed by atoms with Gasteiger partial charge in [0.15, 0.2) is 5.78 Å². The van der Waals surface area contributed by atoms with E-state index < -0.39 is 7.05 Å². The fraction of sp³-hybridized carbons (Fsp3) is 0.600. The van der Waals surface area contributed by atoms with Gasteiger partial charge in [0.1, 0.15) is 5.82 Å². The predicted molar refractivity (Wildman–Crippen MR) is 83.5 cm³/mol. The quantitative estimate of drug-likeness (QED) is 0.648. The van der Waals surface area contributed by atoms with E-state index in [4.69, 9.17) is 0 Å². The minimum absolute atomic E-state index is 0.0527. The smallest absolute Gasteiger partial charge is 0.373 e. The Labute approximate surface area is 125 Å². The summed E-state index contributed by atoms with van der Waals surface area (Å²) in [5, 5.41) is 12.7. The van der Waals surface area contributed by atoms with Crippen LogP contribution in [-0.2, 0) is 0 Å². The van der Waals surface area contributed by atoms with Crippen molar-refractivity contribution in [2.75, 3.05) is 4.90 Å². The Morgan fingerprint density at radius 1 is 1.38 bits per heavy atom. The van der Waals surface area contributed by atoms with Crippen LogP contribution in [0.25, 0.3) is 0 Å². The van der Waals surface area contributed by atoms with Gasteiger partial charge in [-0.05, 0) is 51.6 Å². The summed E-state index contributed by atoms with van der Waals surface area (Å²) in [4.78, 5) is 18.2. The molecule has 1 aromatic heterocycles. The maximum absolute atomic E-state index is 11.3. The molecule has 5 nitrogen and oxygen atoms in total. The predicted octanol–water partition coefficient (Wildman–Crippen LogP) is 1.48. The van der Waals surface area contributed by atoms with Crippen LogP contribution in [0.15, 0.2) is 18.3 Å². The van der Waals surface area contributed by atoms with Gasteiger partial charge in [-0.3, -0.25) is 4.79 Å². The number of ketones is 1. The van der Waals surface area contributed by atoms with Crippen molar-refractivity contribution in [3.8, 4) is 0 Å². The molecular weight excluding hydrogens is 265 g/mol. The van der Waals surface area contributed by atoms with Crippen molar-refractivity contribution >= 4 is 18.7 Å². The molecule has 2 atom stereocenters. The minimum Gasteiger partial charge on any atom is -0.437 e. The lowest BCUT2D eigenvalue weighted by Gasteiger charge is -2.40. The zero-order chi connectivity index (χ0) is 15.0. The Kier molecular flexibility index (Phi) is 4.00. The van der Waals surface area contributed by atoms with Gasteiger partial charge in [0, 0.05) is 29.9 Å². The Morgan fingerprint density at radius 3 is 2.52 bits per heavy atom. The first-order chi connectivity index (χ1) is 10.0. The number of hydrogen-bond donors (Lipinski definition) is 2. The van der Waals surface area contributed by atoms with Gasteiger partial charge >= 0.3 is 7.05 Å². The molecule has 2 fully saturated rings. The molecule has 0 aromatic carbocycles. The third kappa shape index (κ3) is 2.96. The number of aromatic nitrogens is 1. The first kappa shape index (κ1) is 14.5. The summed E-state index contributed by atoms with van der Waals surface area (Å²) in [7, 11) is -0.450. The highest BCUT2D eigenvalue weighted by Gasteiger charge is 2.41. The first-order valence-corrected chi connectivity index (χ1v) is 7.74. The summed E-state index contributed by atoms with van der Waals surface area (Å²) in [5.74, 6) is 1.03. The van der Waals surface area contributed by atoms with Crippen LogP contribution in [0.2, 0.25) is 6.82 Å². The highest BCUT2D eigenvalue weighted by atomic mass is 16.2. The molecular formula is C15H22BN3O2. The van der Waals surface area contributed by atoms with Gasteiger partial charge < -0.3 is 15.2 Å². The molecule has 2 N–H and O–H groups in total. The number of pyridine rings is 1.